The molecule has 1 N–H and O–H groups in total. The summed E-state index contributed by atoms with van der Waals surface area (Å²) < 4.78 is 16.6. The summed E-state index contributed by atoms with van der Waals surface area (Å²) in [6.07, 6.45) is 0.367. The summed E-state index contributed by atoms with van der Waals surface area (Å²) in [5.74, 6) is 1.99. The zero-order valence-electron chi connectivity index (χ0n) is 18.4. The predicted molar refractivity (Wildman–Crippen MR) is 123 cm³/mol. The number of ether oxygens (including phenoxy) is 3. The van der Waals surface area contributed by atoms with Crippen LogP contribution in [0, 0.1) is 0 Å². The van der Waals surface area contributed by atoms with Gasteiger partial charge in [-0.05, 0) is 49.7 Å². The molecule has 5 heteroatoms. The summed E-state index contributed by atoms with van der Waals surface area (Å²) in [6.45, 7) is 3.99. The minimum Gasteiger partial charge on any atom is -0.497 e. The number of hydrogen-bond donors (Lipinski definition) is 1. The smallest absolute Gasteiger partial charge is 0.225 e. The lowest BCUT2D eigenvalue weighted by molar-refractivity contribution is -0.116. The molecule has 0 heterocycles. The molecule has 0 unspecified atom stereocenters. The first-order chi connectivity index (χ1) is 15.0. The first kappa shape index (κ1) is 22.2. The van der Waals surface area contributed by atoms with Gasteiger partial charge < -0.3 is 19.5 Å². The van der Waals surface area contributed by atoms with Crippen LogP contribution in [0.4, 0.5) is 5.69 Å². The van der Waals surface area contributed by atoms with Crippen LogP contribution >= 0.6 is 0 Å². The number of anilines is 1. The first-order valence-electron chi connectivity index (χ1n) is 10.3. The highest BCUT2D eigenvalue weighted by Gasteiger charge is 2.22. The zero-order valence-corrected chi connectivity index (χ0v) is 18.4. The normalized spacial score (nSPS) is 11.6. The summed E-state index contributed by atoms with van der Waals surface area (Å²) in [6, 6.07) is 23.0. The largest absolute Gasteiger partial charge is 0.497 e. The lowest BCUT2D eigenvalue weighted by Crippen LogP contribution is -2.17. The van der Waals surface area contributed by atoms with Gasteiger partial charge in [-0.15, -0.1) is 0 Å². The lowest BCUT2D eigenvalue weighted by Gasteiger charge is -2.21. The summed E-state index contributed by atoms with van der Waals surface area (Å²) in [7, 11) is 3.25. The van der Waals surface area contributed by atoms with Crippen molar-refractivity contribution in [3.05, 3.63) is 83.9 Å². The number of carbonyl (C=O) groups is 1. The molecular formula is C26H29NO4. The average molecular weight is 420 g/mol. The second-order valence-electron chi connectivity index (χ2n) is 7.51. The van der Waals surface area contributed by atoms with Crippen LogP contribution in [0.1, 0.15) is 37.3 Å². The highest BCUT2D eigenvalue weighted by atomic mass is 16.5. The summed E-state index contributed by atoms with van der Waals surface area (Å²) in [5.41, 5.74) is 2.67. The fourth-order valence-electron chi connectivity index (χ4n) is 3.51. The van der Waals surface area contributed by atoms with E-state index in [2.05, 4.69) is 5.32 Å². The van der Waals surface area contributed by atoms with E-state index in [0.717, 1.165) is 22.6 Å². The van der Waals surface area contributed by atoms with Gasteiger partial charge >= 0.3 is 0 Å². The number of rotatable bonds is 9. The van der Waals surface area contributed by atoms with E-state index in [0.29, 0.717) is 11.4 Å². The molecule has 0 aliphatic carbocycles. The molecule has 0 saturated heterocycles. The van der Waals surface area contributed by atoms with Gasteiger partial charge in [-0.1, -0.05) is 36.4 Å². The van der Waals surface area contributed by atoms with E-state index < -0.39 is 0 Å². The second-order valence-corrected chi connectivity index (χ2v) is 7.51. The molecule has 0 bridgehead atoms. The van der Waals surface area contributed by atoms with Crippen molar-refractivity contribution in [1.82, 2.24) is 0 Å². The SMILES string of the molecule is COc1cccc(NC(=O)C[C@@H](c2ccc(OC(C)C)cc2)c2ccccc2OC)c1. The molecule has 1 amide bonds. The van der Waals surface area contributed by atoms with E-state index in [1.807, 2.05) is 80.6 Å². The molecule has 0 aliphatic heterocycles. The maximum absolute atomic E-state index is 13.0. The average Bonchev–Trinajstić information content (AvgIpc) is 2.78. The van der Waals surface area contributed by atoms with Gasteiger partial charge in [0.1, 0.15) is 17.2 Å². The van der Waals surface area contributed by atoms with Crippen LogP contribution in [0.2, 0.25) is 0 Å². The van der Waals surface area contributed by atoms with Gasteiger partial charge in [0.2, 0.25) is 5.91 Å². The minimum atomic E-state index is -0.171. The van der Waals surface area contributed by atoms with E-state index in [9.17, 15) is 4.79 Å². The van der Waals surface area contributed by atoms with Crippen LogP contribution < -0.4 is 19.5 Å². The Labute approximate surface area is 184 Å². The van der Waals surface area contributed by atoms with Crippen LogP contribution in [-0.4, -0.2) is 26.2 Å². The number of carbonyl (C=O) groups excluding carboxylic acids is 1. The molecule has 0 aromatic heterocycles. The summed E-state index contributed by atoms with van der Waals surface area (Å²) in [4.78, 5) is 13.0. The highest BCUT2D eigenvalue weighted by Crippen LogP contribution is 2.35. The molecule has 31 heavy (non-hydrogen) atoms. The van der Waals surface area contributed by atoms with Crippen LogP contribution in [0.25, 0.3) is 0 Å². The molecule has 0 spiro atoms. The van der Waals surface area contributed by atoms with Crippen molar-refractivity contribution in [2.24, 2.45) is 0 Å². The number of benzene rings is 3. The summed E-state index contributed by atoms with van der Waals surface area (Å²) >= 11 is 0. The molecule has 0 fully saturated rings. The maximum atomic E-state index is 13.0. The standard InChI is InChI=1S/C26H29NO4/c1-18(2)31-21-14-12-19(13-15-21)24(23-10-5-6-11-25(23)30-4)17-26(28)27-20-8-7-9-22(16-20)29-3/h5-16,18,24H,17H2,1-4H3,(H,27,28)/t24-/m0/s1. The van der Waals surface area contributed by atoms with E-state index in [1.54, 1.807) is 20.3 Å². The third kappa shape index (κ3) is 6.01. The summed E-state index contributed by atoms with van der Waals surface area (Å²) in [5, 5.41) is 2.98. The first-order valence-corrected chi connectivity index (χ1v) is 10.3. The van der Waals surface area contributed by atoms with Gasteiger partial charge in [0.05, 0.1) is 20.3 Å². The molecule has 3 aromatic rings. The molecule has 3 aromatic carbocycles. The quantitative estimate of drug-likeness (QED) is 0.487. The number of methoxy groups -OCH3 is 2. The Hall–Kier alpha value is -3.47. The third-order valence-electron chi connectivity index (χ3n) is 4.91. The van der Waals surface area contributed by atoms with Gasteiger partial charge in [0.15, 0.2) is 0 Å². The molecule has 3 rings (SSSR count). The van der Waals surface area contributed by atoms with Crippen molar-refractivity contribution in [1.29, 1.82) is 0 Å². The Morgan fingerprint density at radius 1 is 0.871 bits per heavy atom. The lowest BCUT2D eigenvalue weighted by atomic mass is 9.87. The van der Waals surface area contributed by atoms with Crippen LogP contribution in [0.3, 0.4) is 0 Å². The molecule has 1 atom stereocenters. The maximum Gasteiger partial charge on any atom is 0.225 e. The molecule has 162 valence electrons. The van der Waals surface area contributed by atoms with Crippen LogP contribution in [0.5, 0.6) is 17.2 Å². The van der Waals surface area contributed by atoms with E-state index in [1.165, 1.54) is 0 Å². The Morgan fingerprint density at radius 3 is 2.29 bits per heavy atom. The van der Waals surface area contributed by atoms with Crippen molar-refractivity contribution in [3.8, 4) is 17.2 Å². The zero-order chi connectivity index (χ0) is 22.2. The van der Waals surface area contributed by atoms with Crippen molar-refractivity contribution in [3.63, 3.8) is 0 Å². The number of amides is 1. The van der Waals surface area contributed by atoms with Gasteiger partial charge in [-0.3, -0.25) is 4.79 Å². The molecule has 0 radical (unpaired) electrons. The number of para-hydroxylation sites is 1. The van der Waals surface area contributed by atoms with Gasteiger partial charge in [0.25, 0.3) is 0 Å². The molecule has 0 saturated carbocycles. The van der Waals surface area contributed by atoms with Gasteiger partial charge in [-0.25, -0.2) is 0 Å². The van der Waals surface area contributed by atoms with Crippen molar-refractivity contribution >= 4 is 11.6 Å². The van der Waals surface area contributed by atoms with E-state index >= 15 is 0 Å². The Balaban J connectivity index is 1.87. The van der Waals surface area contributed by atoms with Crippen molar-refractivity contribution in [2.45, 2.75) is 32.3 Å². The van der Waals surface area contributed by atoms with E-state index in [-0.39, 0.29) is 24.3 Å². The molecule has 0 aliphatic rings. The third-order valence-corrected chi connectivity index (χ3v) is 4.91. The van der Waals surface area contributed by atoms with Gasteiger partial charge in [-0.2, -0.15) is 0 Å². The fraction of sp³-hybridized carbons (Fsp3) is 0.269. The number of nitrogens with one attached hydrogen (secondary N) is 1. The fourth-order valence-corrected chi connectivity index (χ4v) is 3.51. The predicted octanol–water partition coefficient (Wildman–Crippen LogP) is 5.65. The Bertz CT molecular complexity index is 998. The Kier molecular flexibility index (Phi) is 7.55. The topological polar surface area (TPSA) is 56.8 Å². The van der Waals surface area contributed by atoms with Crippen molar-refractivity contribution in [2.75, 3.05) is 19.5 Å². The highest BCUT2D eigenvalue weighted by molar-refractivity contribution is 5.91. The van der Waals surface area contributed by atoms with Crippen LogP contribution in [-0.2, 0) is 4.79 Å². The Morgan fingerprint density at radius 2 is 1.61 bits per heavy atom. The monoisotopic (exact) mass is 419 g/mol. The number of hydrogen-bond acceptors (Lipinski definition) is 4. The second kappa shape index (κ2) is 10.5. The minimum absolute atomic E-state index is 0.0910. The molecular weight excluding hydrogens is 390 g/mol. The molecule has 5 nitrogen and oxygen atoms in total. The van der Waals surface area contributed by atoms with Crippen LogP contribution in [0.15, 0.2) is 72.8 Å². The van der Waals surface area contributed by atoms with Crippen molar-refractivity contribution < 1.29 is 19.0 Å². The van der Waals surface area contributed by atoms with Gasteiger partial charge in [0, 0.05) is 29.7 Å². The van der Waals surface area contributed by atoms with E-state index in [4.69, 9.17) is 14.2 Å².